The molecule has 1 N–H and O–H groups in total. The van der Waals surface area contributed by atoms with Gasteiger partial charge in [0.2, 0.25) is 0 Å². The van der Waals surface area contributed by atoms with Gasteiger partial charge < -0.3 is 9.84 Å². The van der Waals surface area contributed by atoms with Gasteiger partial charge in [0.25, 0.3) is 0 Å². The lowest BCUT2D eigenvalue weighted by atomic mass is 9.65. The molecular weight excluding hydrogens is 296 g/mol. The number of rotatable bonds is 8. The van der Waals surface area contributed by atoms with Crippen LogP contribution in [0.5, 0.6) is 0 Å². The standard InChI is InChI=1S/C22H30O2/c1-5-22(4)19(16-24-15-18-9-7-6-8-10-18)12-14-21(23)20(22)13-11-17(2)3/h5-10,19,23H,1-2,11-16H2,3-4H3/t19-,22-/m0/s1. The minimum absolute atomic E-state index is 0.214. The van der Waals surface area contributed by atoms with Gasteiger partial charge in [-0.3, -0.25) is 0 Å². The van der Waals surface area contributed by atoms with Crippen LogP contribution >= 0.6 is 0 Å². The van der Waals surface area contributed by atoms with Crippen molar-refractivity contribution in [2.45, 2.75) is 46.1 Å². The van der Waals surface area contributed by atoms with E-state index in [2.05, 4.69) is 32.2 Å². The summed E-state index contributed by atoms with van der Waals surface area (Å²) in [6.45, 7) is 13.6. The Morgan fingerprint density at radius 2 is 2.08 bits per heavy atom. The Morgan fingerprint density at radius 3 is 2.71 bits per heavy atom. The number of aliphatic hydroxyl groups is 1. The Bertz CT molecular complexity index is 600. The third kappa shape index (κ3) is 4.39. The molecular formula is C22H30O2. The fraction of sp³-hybridized carbons (Fsp3) is 0.455. The molecule has 0 heterocycles. The average Bonchev–Trinajstić information content (AvgIpc) is 2.57. The average molecular weight is 326 g/mol. The lowest BCUT2D eigenvalue weighted by Crippen LogP contribution is -2.35. The van der Waals surface area contributed by atoms with Crippen LogP contribution in [-0.2, 0) is 11.3 Å². The van der Waals surface area contributed by atoms with Crippen LogP contribution in [0.3, 0.4) is 0 Å². The van der Waals surface area contributed by atoms with E-state index in [1.165, 1.54) is 5.56 Å². The molecule has 24 heavy (non-hydrogen) atoms. The Kier molecular flexibility index (Phi) is 6.44. The van der Waals surface area contributed by atoms with Crippen LogP contribution in [0.4, 0.5) is 0 Å². The van der Waals surface area contributed by atoms with Crippen molar-refractivity contribution in [2.24, 2.45) is 11.3 Å². The number of ether oxygens (including phenoxy) is 1. The van der Waals surface area contributed by atoms with Crippen LogP contribution in [0.1, 0.15) is 45.1 Å². The van der Waals surface area contributed by atoms with Gasteiger partial charge in [0.05, 0.1) is 19.0 Å². The van der Waals surface area contributed by atoms with Crippen molar-refractivity contribution in [1.29, 1.82) is 0 Å². The molecule has 0 radical (unpaired) electrons. The molecule has 0 unspecified atom stereocenters. The number of allylic oxidation sites excluding steroid dienone is 4. The van der Waals surface area contributed by atoms with Crippen molar-refractivity contribution >= 4 is 0 Å². The largest absolute Gasteiger partial charge is 0.512 e. The fourth-order valence-corrected chi connectivity index (χ4v) is 3.51. The second-order valence-electron chi connectivity index (χ2n) is 7.11. The predicted octanol–water partition coefficient (Wildman–Crippen LogP) is 5.97. The summed E-state index contributed by atoms with van der Waals surface area (Å²) in [4.78, 5) is 0. The second kappa shape index (κ2) is 8.34. The smallest absolute Gasteiger partial charge is 0.0923 e. The Labute approximate surface area is 146 Å². The summed E-state index contributed by atoms with van der Waals surface area (Å²) in [7, 11) is 0. The summed E-state index contributed by atoms with van der Waals surface area (Å²) in [6, 6.07) is 10.2. The van der Waals surface area contributed by atoms with Gasteiger partial charge in [-0.05, 0) is 43.2 Å². The molecule has 1 aromatic rings. The maximum Gasteiger partial charge on any atom is 0.0923 e. The normalized spacial score (nSPS) is 24.0. The lowest BCUT2D eigenvalue weighted by molar-refractivity contribution is 0.0461. The number of benzene rings is 1. The van der Waals surface area contributed by atoms with E-state index in [1.807, 2.05) is 31.2 Å². The van der Waals surface area contributed by atoms with Gasteiger partial charge in [0, 0.05) is 11.8 Å². The molecule has 0 spiro atoms. The summed E-state index contributed by atoms with van der Waals surface area (Å²) in [5, 5.41) is 10.4. The molecule has 0 saturated carbocycles. The first kappa shape index (κ1) is 18.5. The van der Waals surface area contributed by atoms with Gasteiger partial charge in [-0.1, -0.05) is 48.9 Å². The Balaban J connectivity index is 2.04. The summed E-state index contributed by atoms with van der Waals surface area (Å²) < 4.78 is 6.00. The third-order valence-electron chi connectivity index (χ3n) is 5.23. The Morgan fingerprint density at radius 1 is 1.38 bits per heavy atom. The number of aliphatic hydroxyl groups excluding tert-OH is 1. The highest BCUT2D eigenvalue weighted by Crippen LogP contribution is 2.47. The molecule has 2 rings (SSSR count). The Hall–Kier alpha value is -1.80. The van der Waals surface area contributed by atoms with Gasteiger partial charge in [0.15, 0.2) is 0 Å². The lowest BCUT2D eigenvalue weighted by Gasteiger charge is -2.41. The van der Waals surface area contributed by atoms with Gasteiger partial charge in [-0.2, -0.15) is 0 Å². The van der Waals surface area contributed by atoms with Crippen molar-refractivity contribution in [3.63, 3.8) is 0 Å². The molecule has 2 heteroatoms. The first-order valence-electron chi connectivity index (χ1n) is 8.78. The molecule has 0 fully saturated rings. The molecule has 1 aliphatic carbocycles. The van der Waals surface area contributed by atoms with E-state index in [1.54, 1.807) is 0 Å². The van der Waals surface area contributed by atoms with Gasteiger partial charge in [-0.25, -0.2) is 0 Å². The topological polar surface area (TPSA) is 29.5 Å². The monoisotopic (exact) mass is 326 g/mol. The highest BCUT2D eigenvalue weighted by molar-refractivity contribution is 5.28. The van der Waals surface area contributed by atoms with Crippen LogP contribution in [0.25, 0.3) is 0 Å². The zero-order valence-electron chi connectivity index (χ0n) is 15.1. The molecule has 0 aromatic heterocycles. The number of hydrogen-bond acceptors (Lipinski definition) is 2. The quantitative estimate of drug-likeness (QED) is 0.596. The fourth-order valence-electron chi connectivity index (χ4n) is 3.51. The molecule has 1 aliphatic rings. The summed E-state index contributed by atoms with van der Waals surface area (Å²) >= 11 is 0. The molecule has 2 atom stereocenters. The van der Waals surface area contributed by atoms with Crippen LogP contribution in [0.2, 0.25) is 0 Å². The van der Waals surface area contributed by atoms with E-state index in [0.717, 1.165) is 36.8 Å². The van der Waals surface area contributed by atoms with Crippen molar-refractivity contribution in [3.05, 3.63) is 72.0 Å². The second-order valence-corrected chi connectivity index (χ2v) is 7.11. The molecule has 0 aliphatic heterocycles. The zero-order chi connectivity index (χ0) is 17.6. The molecule has 0 saturated heterocycles. The minimum atomic E-state index is -0.214. The third-order valence-corrected chi connectivity index (χ3v) is 5.23. The van der Waals surface area contributed by atoms with Crippen LogP contribution < -0.4 is 0 Å². The SMILES string of the molecule is C=C[C@]1(C)C(CCC(=C)C)=C(O)CC[C@H]1COCc1ccccc1. The zero-order valence-corrected chi connectivity index (χ0v) is 15.1. The summed E-state index contributed by atoms with van der Waals surface area (Å²) in [5.41, 5.74) is 3.23. The molecule has 1 aromatic carbocycles. The maximum atomic E-state index is 10.4. The van der Waals surface area contributed by atoms with Crippen molar-refractivity contribution in [3.8, 4) is 0 Å². The van der Waals surface area contributed by atoms with E-state index in [-0.39, 0.29) is 5.41 Å². The van der Waals surface area contributed by atoms with E-state index in [0.29, 0.717) is 24.9 Å². The van der Waals surface area contributed by atoms with Crippen molar-refractivity contribution in [1.82, 2.24) is 0 Å². The van der Waals surface area contributed by atoms with Crippen molar-refractivity contribution in [2.75, 3.05) is 6.61 Å². The van der Waals surface area contributed by atoms with Crippen LogP contribution in [0, 0.1) is 11.3 Å². The molecule has 130 valence electrons. The first-order chi connectivity index (χ1) is 11.5. The van der Waals surface area contributed by atoms with Crippen molar-refractivity contribution < 1.29 is 9.84 Å². The summed E-state index contributed by atoms with van der Waals surface area (Å²) in [5.74, 6) is 0.882. The van der Waals surface area contributed by atoms with E-state index < -0.39 is 0 Å². The molecule has 0 bridgehead atoms. The van der Waals surface area contributed by atoms with E-state index in [9.17, 15) is 5.11 Å². The minimum Gasteiger partial charge on any atom is -0.512 e. The maximum absolute atomic E-state index is 10.4. The molecule has 0 amide bonds. The van der Waals surface area contributed by atoms with E-state index >= 15 is 0 Å². The summed E-state index contributed by atoms with van der Waals surface area (Å²) in [6.07, 6.45) is 5.40. The first-order valence-corrected chi connectivity index (χ1v) is 8.78. The van der Waals surface area contributed by atoms with Crippen LogP contribution in [0.15, 0.2) is 66.5 Å². The van der Waals surface area contributed by atoms with E-state index in [4.69, 9.17) is 4.74 Å². The highest BCUT2D eigenvalue weighted by atomic mass is 16.5. The van der Waals surface area contributed by atoms with Crippen LogP contribution in [-0.4, -0.2) is 11.7 Å². The predicted molar refractivity (Wildman–Crippen MR) is 101 cm³/mol. The van der Waals surface area contributed by atoms with Gasteiger partial charge in [-0.15, -0.1) is 13.2 Å². The van der Waals surface area contributed by atoms with Gasteiger partial charge in [0.1, 0.15) is 0 Å². The van der Waals surface area contributed by atoms with Gasteiger partial charge >= 0.3 is 0 Å². The number of hydrogen-bond donors (Lipinski definition) is 1. The molecule has 2 nitrogen and oxygen atoms in total. The highest BCUT2D eigenvalue weighted by Gasteiger charge is 2.39.